The summed E-state index contributed by atoms with van der Waals surface area (Å²) in [6.45, 7) is 11.5. The molecule has 1 aliphatic heterocycles. The number of anilines is 1. The van der Waals surface area contributed by atoms with E-state index in [9.17, 15) is 4.79 Å². The van der Waals surface area contributed by atoms with Gasteiger partial charge in [-0.2, -0.15) is 0 Å². The fraction of sp³-hybridized carbons (Fsp3) is 0.625. The first kappa shape index (κ1) is 15.8. The second-order valence-corrected chi connectivity index (χ2v) is 6.52. The van der Waals surface area contributed by atoms with Gasteiger partial charge in [0, 0.05) is 25.8 Å². The largest absolute Gasteiger partial charge is 0.352 e. The van der Waals surface area contributed by atoms with Crippen LogP contribution < -0.4 is 15.5 Å². The van der Waals surface area contributed by atoms with Gasteiger partial charge in [-0.25, -0.2) is 4.98 Å². The van der Waals surface area contributed by atoms with Gasteiger partial charge in [-0.3, -0.25) is 4.79 Å². The molecule has 0 bridgehead atoms. The third kappa shape index (κ3) is 3.73. The van der Waals surface area contributed by atoms with Crippen LogP contribution in [-0.2, 0) is 11.3 Å². The van der Waals surface area contributed by atoms with Crippen molar-refractivity contribution in [3.8, 4) is 0 Å². The van der Waals surface area contributed by atoms with Gasteiger partial charge < -0.3 is 15.5 Å². The molecule has 0 aromatic carbocycles. The molecule has 0 saturated carbocycles. The van der Waals surface area contributed by atoms with Crippen molar-refractivity contribution in [3.05, 3.63) is 23.9 Å². The lowest BCUT2D eigenvalue weighted by molar-refractivity contribution is -0.126. The normalized spacial score (nSPS) is 18.0. The minimum Gasteiger partial charge on any atom is -0.352 e. The van der Waals surface area contributed by atoms with Crippen molar-refractivity contribution < 1.29 is 4.79 Å². The zero-order valence-corrected chi connectivity index (χ0v) is 13.4. The molecule has 0 unspecified atom stereocenters. The van der Waals surface area contributed by atoms with Gasteiger partial charge in [0.1, 0.15) is 11.4 Å². The predicted octanol–water partition coefficient (Wildman–Crippen LogP) is 1.54. The lowest BCUT2D eigenvalue weighted by Gasteiger charge is -2.42. The number of amides is 1. The van der Waals surface area contributed by atoms with Crippen LogP contribution in [-0.4, -0.2) is 36.1 Å². The van der Waals surface area contributed by atoms with E-state index in [1.807, 2.05) is 26.1 Å². The Bertz CT molecular complexity index is 482. The highest BCUT2D eigenvalue weighted by molar-refractivity contribution is 5.90. The maximum Gasteiger partial charge on any atom is 0.245 e. The Hall–Kier alpha value is -1.62. The molecule has 1 amide bonds. The molecule has 0 atom stereocenters. The summed E-state index contributed by atoms with van der Waals surface area (Å²) in [6.07, 6.45) is 1.89. The van der Waals surface area contributed by atoms with E-state index in [0.717, 1.165) is 25.5 Å². The molecule has 1 saturated heterocycles. The Labute approximate surface area is 127 Å². The predicted molar refractivity (Wildman–Crippen MR) is 85.2 cm³/mol. The Morgan fingerprint density at radius 3 is 2.81 bits per heavy atom. The van der Waals surface area contributed by atoms with Crippen molar-refractivity contribution in [2.24, 2.45) is 5.92 Å². The summed E-state index contributed by atoms with van der Waals surface area (Å²) in [4.78, 5) is 18.6. The van der Waals surface area contributed by atoms with Crippen molar-refractivity contribution >= 4 is 11.7 Å². The maximum atomic E-state index is 12.0. The number of hydrogen-bond donors (Lipinski definition) is 2. The first-order valence-corrected chi connectivity index (χ1v) is 7.63. The van der Waals surface area contributed by atoms with Crippen molar-refractivity contribution in [1.29, 1.82) is 0 Å². The second kappa shape index (κ2) is 6.43. The minimum atomic E-state index is -0.553. The average Bonchev–Trinajstić information content (AvgIpc) is 2.42. The number of hydrogen-bond acceptors (Lipinski definition) is 4. The monoisotopic (exact) mass is 290 g/mol. The molecular weight excluding hydrogens is 264 g/mol. The van der Waals surface area contributed by atoms with Gasteiger partial charge in [0.2, 0.25) is 5.91 Å². The molecule has 5 nitrogen and oxygen atoms in total. The smallest absolute Gasteiger partial charge is 0.245 e. The summed E-state index contributed by atoms with van der Waals surface area (Å²) in [5, 5.41) is 6.31. The number of rotatable bonds is 5. The van der Waals surface area contributed by atoms with E-state index < -0.39 is 5.54 Å². The summed E-state index contributed by atoms with van der Waals surface area (Å²) in [7, 11) is 0. The van der Waals surface area contributed by atoms with E-state index in [0.29, 0.717) is 12.5 Å². The topological polar surface area (TPSA) is 57.3 Å². The van der Waals surface area contributed by atoms with E-state index in [2.05, 4.69) is 40.4 Å². The summed E-state index contributed by atoms with van der Waals surface area (Å²) in [5.41, 5.74) is 0.613. The number of piperazine rings is 1. The Morgan fingerprint density at radius 1 is 1.43 bits per heavy atom. The van der Waals surface area contributed by atoms with Gasteiger partial charge >= 0.3 is 0 Å². The van der Waals surface area contributed by atoms with Gasteiger partial charge in [-0.15, -0.1) is 0 Å². The molecule has 1 aromatic rings. The molecule has 0 radical (unpaired) electrons. The van der Waals surface area contributed by atoms with Crippen LogP contribution in [0, 0.1) is 5.92 Å². The second-order valence-electron chi connectivity index (χ2n) is 6.52. The molecule has 5 heteroatoms. The third-order valence-electron chi connectivity index (χ3n) is 3.82. The fourth-order valence-electron chi connectivity index (χ4n) is 2.49. The highest BCUT2D eigenvalue weighted by Crippen LogP contribution is 2.24. The van der Waals surface area contributed by atoms with Crippen molar-refractivity contribution in [1.82, 2.24) is 15.6 Å². The van der Waals surface area contributed by atoms with Crippen molar-refractivity contribution in [3.63, 3.8) is 0 Å². The van der Waals surface area contributed by atoms with Crippen LogP contribution in [0.5, 0.6) is 0 Å². The summed E-state index contributed by atoms with van der Waals surface area (Å²) >= 11 is 0. The average molecular weight is 290 g/mol. The molecule has 0 aliphatic carbocycles. The van der Waals surface area contributed by atoms with Gasteiger partial charge in [0.25, 0.3) is 0 Å². The first-order valence-electron chi connectivity index (χ1n) is 7.63. The van der Waals surface area contributed by atoms with Crippen molar-refractivity contribution in [2.45, 2.75) is 39.8 Å². The molecule has 21 heavy (non-hydrogen) atoms. The number of nitrogens with zero attached hydrogens (tertiary/aromatic N) is 2. The van der Waals surface area contributed by atoms with Gasteiger partial charge in [0.05, 0.1) is 0 Å². The molecule has 116 valence electrons. The Balaban J connectivity index is 2.03. The zero-order chi connectivity index (χ0) is 15.5. The van der Waals surface area contributed by atoms with E-state index in [-0.39, 0.29) is 5.91 Å². The van der Waals surface area contributed by atoms with E-state index in [4.69, 9.17) is 0 Å². The Kier molecular flexibility index (Phi) is 4.83. The highest BCUT2D eigenvalue weighted by atomic mass is 16.2. The summed E-state index contributed by atoms with van der Waals surface area (Å²) < 4.78 is 0. The summed E-state index contributed by atoms with van der Waals surface area (Å²) in [6, 6.07) is 4.09. The molecule has 1 aliphatic rings. The van der Waals surface area contributed by atoms with Crippen LogP contribution in [0.15, 0.2) is 18.3 Å². The molecule has 0 spiro atoms. The highest BCUT2D eigenvalue weighted by Gasteiger charge is 2.38. The van der Waals surface area contributed by atoms with E-state index in [1.165, 1.54) is 5.56 Å². The van der Waals surface area contributed by atoms with E-state index in [1.54, 1.807) is 0 Å². The quantitative estimate of drug-likeness (QED) is 0.864. The number of pyridine rings is 1. The van der Waals surface area contributed by atoms with Crippen LogP contribution in [0.1, 0.15) is 33.3 Å². The number of nitrogens with one attached hydrogen (secondary N) is 2. The number of carbonyl (C=O) groups excluding carboxylic acids is 1. The number of carbonyl (C=O) groups is 1. The van der Waals surface area contributed by atoms with Crippen LogP contribution >= 0.6 is 0 Å². The van der Waals surface area contributed by atoms with Crippen LogP contribution in [0.2, 0.25) is 0 Å². The molecule has 1 fully saturated rings. The van der Waals surface area contributed by atoms with Crippen LogP contribution in [0.25, 0.3) is 0 Å². The molecule has 1 aromatic heterocycles. The molecule has 2 N–H and O–H groups in total. The van der Waals surface area contributed by atoms with Crippen molar-refractivity contribution in [2.75, 3.05) is 24.5 Å². The molecule has 2 heterocycles. The molecular formula is C16H26N4O. The fourth-order valence-corrected chi connectivity index (χ4v) is 2.49. The summed E-state index contributed by atoms with van der Waals surface area (Å²) in [5.74, 6) is 1.56. The van der Waals surface area contributed by atoms with Crippen LogP contribution in [0.4, 0.5) is 5.82 Å². The standard InChI is InChI=1S/C16H26N4O/c1-12(2)9-17-10-13-5-6-14(19-11-13)20-8-7-18-15(21)16(20,3)4/h5-6,11-12,17H,7-10H2,1-4H3,(H,18,21). The Morgan fingerprint density at radius 2 is 2.19 bits per heavy atom. The lowest BCUT2D eigenvalue weighted by Crippen LogP contribution is -2.62. The van der Waals surface area contributed by atoms with Gasteiger partial charge in [0.15, 0.2) is 0 Å². The zero-order valence-electron chi connectivity index (χ0n) is 13.4. The minimum absolute atomic E-state index is 0.0539. The van der Waals surface area contributed by atoms with Gasteiger partial charge in [-0.1, -0.05) is 19.9 Å². The first-order chi connectivity index (χ1) is 9.91. The maximum absolute atomic E-state index is 12.0. The lowest BCUT2D eigenvalue weighted by atomic mass is 9.99. The SMILES string of the molecule is CC(C)CNCc1ccc(N2CCNC(=O)C2(C)C)nc1. The van der Waals surface area contributed by atoms with E-state index >= 15 is 0 Å². The number of aromatic nitrogens is 1. The van der Waals surface area contributed by atoms with Gasteiger partial charge in [-0.05, 0) is 37.9 Å². The third-order valence-corrected chi connectivity index (χ3v) is 3.82. The van der Waals surface area contributed by atoms with Crippen LogP contribution in [0.3, 0.4) is 0 Å². The molecule has 2 rings (SSSR count).